The fraction of sp³-hybridized carbons (Fsp3) is 0.538. The van der Waals surface area contributed by atoms with Gasteiger partial charge in [-0.2, -0.15) is 13.2 Å². The highest BCUT2D eigenvalue weighted by Crippen LogP contribution is 2.37. The molecule has 2 nitrogen and oxygen atoms in total. The molecule has 1 heterocycles. The summed E-state index contributed by atoms with van der Waals surface area (Å²) in [5, 5.41) is 6.61. The zero-order chi connectivity index (χ0) is 13.7. The first kappa shape index (κ1) is 14.5. The molecular weight excluding hydrogens is 273 g/mol. The molecule has 0 aromatic heterocycles. The monoisotopic (exact) mass is 290 g/mol. The molecule has 0 spiro atoms. The molecule has 1 fully saturated rings. The van der Waals surface area contributed by atoms with Gasteiger partial charge in [-0.25, -0.2) is 0 Å². The number of hydrogen-bond donors (Lipinski definition) is 2. The van der Waals surface area contributed by atoms with Crippen molar-refractivity contribution in [2.75, 3.05) is 25.0 Å². The van der Waals surface area contributed by atoms with Gasteiger partial charge in [-0.1, -0.05) is 0 Å². The molecule has 0 bridgehead atoms. The van der Waals surface area contributed by atoms with E-state index in [0.29, 0.717) is 5.92 Å². The fourth-order valence-corrected chi connectivity index (χ4v) is 2.67. The molecule has 1 unspecified atom stereocenters. The summed E-state index contributed by atoms with van der Waals surface area (Å²) in [6, 6.07) is 6.40. The summed E-state index contributed by atoms with van der Waals surface area (Å²) in [5.74, 6) is 0.595. The minimum absolute atomic E-state index is 0.0822. The standard InChI is InChI=1S/C13H17F3N2S/c14-13(15,16)19-12-5-3-11(4-6-12)18-9-10-2-1-7-17-8-10/h3-6,10,17-18H,1-2,7-9H2. The van der Waals surface area contributed by atoms with Crippen LogP contribution in [0.2, 0.25) is 0 Å². The molecule has 6 heteroatoms. The van der Waals surface area contributed by atoms with E-state index in [0.717, 1.165) is 25.3 Å². The maximum absolute atomic E-state index is 12.2. The summed E-state index contributed by atoms with van der Waals surface area (Å²) in [5.41, 5.74) is -3.35. The second-order valence-corrected chi connectivity index (χ2v) is 5.80. The second kappa shape index (κ2) is 6.52. The molecule has 2 N–H and O–H groups in total. The normalized spacial score (nSPS) is 20.3. The Kier molecular flexibility index (Phi) is 4.99. The molecule has 1 aromatic carbocycles. The molecule has 1 aliphatic heterocycles. The first-order chi connectivity index (χ1) is 9.03. The molecule has 1 saturated heterocycles. The van der Waals surface area contributed by atoms with E-state index in [4.69, 9.17) is 0 Å². The Morgan fingerprint density at radius 3 is 2.58 bits per heavy atom. The van der Waals surface area contributed by atoms with Gasteiger partial charge in [-0.15, -0.1) is 0 Å². The predicted molar refractivity (Wildman–Crippen MR) is 72.4 cm³/mol. The summed E-state index contributed by atoms with van der Waals surface area (Å²) < 4.78 is 36.5. The Morgan fingerprint density at radius 1 is 1.26 bits per heavy atom. The largest absolute Gasteiger partial charge is 0.446 e. The first-order valence-electron chi connectivity index (χ1n) is 6.33. The van der Waals surface area contributed by atoms with Gasteiger partial charge in [0.1, 0.15) is 0 Å². The van der Waals surface area contributed by atoms with E-state index in [1.807, 2.05) is 0 Å². The van der Waals surface area contributed by atoms with Crippen LogP contribution in [0, 0.1) is 5.92 Å². The highest BCUT2D eigenvalue weighted by atomic mass is 32.2. The van der Waals surface area contributed by atoms with E-state index in [-0.39, 0.29) is 16.7 Å². The maximum Gasteiger partial charge on any atom is 0.446 e. The van der Waals surface area contributed by atoms with Crippen molar-refractivity contribution in [2.45, 2.75) is 23.2 Å². The van der Waals surface area contributed by atoms with Crippen LogP contribution >= 0.6 is 11.8 Å². The average molecular weight is 290 g/mol. The number of thioether (sulfide) groups is 1. The molecule has 106 valence electrons. The number of benzene rings is 1. The van der Waals surface area contributed by atoms with E-state index >= 15 is 0 Å². The molecular formula is C13H17F3N2S. The van der Waals surface area contributed by atoms with Gasteiger partial charge in [0.2, 0.25) is 0 Å². The average Bonchev–Trinajstić information content (AvgIpc) is 2.37. The Balaban J connectivity index is 1.81. The number of halogens is 3. The van der Waals surface area contributed by atoms with Crippen LogP contribution in [0.3, 0.4) is 0 Å². The van der Waals surface area contributed by atoms with Gasteiger partial charge in [0.05, 0.1) is 0 Å². The molecule has 19 heavy (non-hydrogen) atoms. The van der Waals surface area contributed by atoms with Gasteiger partial charge in [0.15, 0.2) is 0 Å². The van der Waals surface area contributed by atoms with Gasteiger partial charge in [0, 0.05) is 17.1 Å². The number of anilines is 1. The van der Waals surface area contributed by atoms with Gasteiger partial charge in [-0.3, -0.25) is 0 Å². The minimum Gasteiger partial charge on any atom is -0.385 e. The third kappa shape index (κ3) is 5.32. The first-order valence-corrected chi connectivity index (χ1v) is 7.15. The van der Waals surface area contributed by atoms with Crippen molar-refractivity contribution in [3.8, 4) is 0 Å². The lowest BCUT2D eigenvalue weighted by Crippen LogP contribution is -2.33. The zero-order valence-electron chi connectivity index (χ0n) is 10.5. The lowest BCUT2D eigenvalue weighted by Gasteiger charge is -2.23. The van der Waals surface area contributed by atoms with Crippen LogP contribution in [0.4, 0.5) is 18.9 Å². The van der Waals surface area contributed by atoms with Crippen molar-refractivity contribution in [3.05, 3.63) is 24.3 Å². The van der Waals surface area contributed by atoms with Crippen molar-refractivity contribution in [1.82, 2.24) is 5.32 Å². The smallest absolute Gasteiger partial charge is 0.385 e. The summed E-state index contributed by atoms with van der Waals surface area (Å²) in [4.78, 5) is 0.220. The number of nitrogens with one attached hydrogen (secondary N) is 2. The zero-order valence-corrected chi connectivity index (χ0v) is 11.3. The van der Waals surface area contributed by atoms with E-state index in [1.54, 1.807) is 12.1 Å². The van der Waals surface area contributed by atoms with E-state index in [1.165, 1.54) is 25.0 Å². The van der Waals surface area contributed by atoms with Crippen LogP contribution in [0.25, 0.3) is 0 Å². The summed E-state index contributed by atoms with van der Waals surface area (Å²) in [6.45, 7) is 2.95. The Labute approximate surface area is 115 Å². The van der Waals surface area contributed by atoms with Crippen molar-refractivity contribution < 1.29 is 13.2 Å². The molecule has 0 saturated carbocycles. The quantitative estimate of drug-likeness (QED) is 0.827. The molecule has 1 aliphatic rings. The van der Waals surface area contributed by atoms with Crippen LogP contribution in [0.5, 0.6) is 0 Å². The molecule has 0 aliphatic carbocycles. The number of hydrogen-bond acceptors (Lipinski definition) is 3. The van der Waals surface area contributed by atoms with Crippen LogP contribution in [-0.4, -0.2) is 25.1 Å². The summed E-state index contributed by atoms with van der Waals surface area (Å²) in [7, 11) is 0. The SMILES string of the molecule is FC(F)(F)Sc1ccc(NCC2CCCNC2)cc1. The minimum atomic E-state index is -4.22. The van der Waals surface area contributed by atoms with Crippen LogP contribution in [0.1, 0.15) is 12.8 Å². The predicted octanol–water partition coefficient (Wildman–Crippen LogP) is 3.71. The highest BCUT2D eigenvalue weighted by molar-refractivity contribution is 8.00. The second-order valence-electron chi connectivity index (χ2n) is 4.67. The van der Waals surface area contributed by atoms with Gasteiger partial charge >= 0.3 is 5.51 Å². The van der Waals surface area contributed by atoms with Crippen molar-refractivity contribution in [3.63, 3.8) is 0 Å². The Morgan fingerprint density at radius 2 is 2.00 bits per heavy atom. The lowest BCUT2D eigenvalue weighted by atomic mass is 10.00. The number of alkyl halides is 3. The van der Waals surface area contributed by atoms with E-state index < -0.39 is 5.51 Å². The van der Waals surface area contributed by atoms with Crippen molar-refractivity contribution >= 4 is 17.4 Å². The van der Waals surface area contributed by atoms with Crippen LogP contribution in [-0.2, 0) is 0 Å². The third-order valence-electron chi connectivity index (χ3n) is 3.08. The fourth-order valence-electron chi connectivity index (χ4n) is 2.13. The lowest BCUT2D eigenvalue weighted by molar-refractivity contribution is -0.0328. The van der Waals surface area contributed by atoms with E-state index in [9.17, 15) is 13.2 Å². The number of rotatable bonds is 4. The Bertz CT molecular complexity index is 386. The third-order valence-corrected chi connectivity index (χ3v) is 3.82. The topological polar surface area (TPSA) is 24.1 Å². The Hall–Kier alpha value is -0.880. The van der Waals surface area contributed by atoms with E-state index in [2.05, 4.69) is 10.6 Å². The highest BCUT2D eigenvalue weighted by Gasteiger charge is 2.28. The van der Waals surface area contributed by atoms with Crippen LogP contribution < -0.4 is 10.6 Å². The van der Waals surface area contributed by atoms with Gasteiger partial charge < -0.3 is 10.6 Å². The summed E-state index contributed by atoms with van der Waals surface area (Å²) >= 11 is -0.0822. The maximum atomic E-state index is 12.2. The molecule has 1 aromatic rings. The molecule has 1 atom stereocenters. The van der Waals surface area contributed by atoms with Crippen molar-refractivity contribution in [2.24, 2.45) is 5.92 Å². The van der Waals surface area contributed by atoms with Gasteiger partial charge in [0.25, 0.3) is 0 Å². The van der Waals surface area contributed by atoms with Gasteiger partial charge in [-0.05, 0) is 67.9 Å². The molecule has 0 radical (unpaired) electrons. The van der Waals surface area contributed by atoms with Crippen molar-refractivity contribution in [1.29, 1.82) is 0 Å². The molecule has 2 rings (SSSR count). The van der Waals surface area contributed by atoms with Crippen LogP contribution in [0.15, 0.2) is 29.2 Å². The molecule has 0 amide bonds. The number of piperidine rings is 1. The summed E-state index contributed by atoms with van der Waals surface area (Å²) in [6.07, 6.45) is 2.38.